The lowest BCUT2D eigenvalue weighted by Gasteiger charge is -1.95. The van der Waals surface area contributed by atoms with E-state index in [0.29, 0.717) is 12.8 Å². The molecule has 11 heavy (non-hydrogen) atoms. The van der Waals surface area contributed by atoms with Crippen LogP contribution in [0.4, 0.5) is 0 Å². The zero-order valence-electron chi connectivity index (χ0n) is 6.87. The van der Waals surface area contributed by atoms with E-state index < -0.39 is 0 Å². The molecule has 0 radical (unpaired) electrons. The molecule has 0 aromatic heterocycles. The van der Waals surface area contributed by atoms with E-state index in [-0.39, 0.29) is 11.5 Å². The van der Waals surface area contributed by atoms with Crippen molar-refractivity contribution >= 4 is 0 Å². The average Bonchev–Trinajstić information content (AvgIpc) is 2.04. The monoisotopic (exact) mass is 158 g/mol. The van der Waals surface area contributed by atoms with Gasteiger partial charge in [-0.3, -0.25) is 0 Å². The van der Waals surface area contributed by atoms with Crippen molar-refractivity contribution in [3.05, 3.63) is 24.0 Å². The van der Waals surface area contributed by atoms with Crippen LogP contribution in [0.5, 0.6) is 0 Å². The van der Waals surface area contributed by atoms with Crippen LogP contribution in [0.15, 0.2) is 24.0 Å². The Bertz CT molecular complexity index is 141. The second-order valence-electron chi connectivity index (χ2n) is 2.06. The van der Waals surface area contributed by atoms with Gasteiger partial charge < -0.3 is 14.9 Å². The lowest BCUT2D eigenvalue weighted by molar-refractivity contribution is 0.299. The third kappa shape index (κ3) is 5.33. The third-order valence-electron chi connectivity index (χ3n) is 1.13. The van der Waals surface area contributed by atoms with E-state index in [1.807, 2.05) is 0 Å². The summed E-state index contributed by atoms with van der Waals surface area (Å²) in [6.45, 7) is 3.61. The van der Waals surface area contributed by atoms with E-state index in [1.165, 1.54) is 12.5 Å². The van der Waals surface area contributed by atoms with Gasteiger partial charge in [0.05, 0.1) is 0 Å². The molecule has 0 heterocycles. The minimum atomic E-state index is 0.158. The highest BCUT2D eigenvalue weighted by Crippen LogP contribution is 1.98. The molecule has 0 aliphatic rings. The smallest absolute Gasteiger partial charge is 0.128 e. The molecule has 0 saturated carbocycles. The summed E-state index contributed by atoms with van der Waals surface area (Å²) in [5, 5.41) is 17.7. The zero-order chi connectivity index (χ0) is 8.69. The van der Waals surface area contributed by atoms with Crippen molar-refractivity contribution in [2.75, 3.05) is 0 Å². The predicted octanol–water partition coefficient (Wildman–Crippen LogP) is 2.62. The summed E-state index contributed by atoms with van der Waals surface area (Å²) < 4.78 is 4.71. The van der Waals surface area contributed by atoms with E-state index in [2.05, 4.69) is 0 Å². The first-order valence-electron chi connectivity index (χ1n) is 3.62. The molecular formula is C8H14O3. The molecule has 0 unspecified atom stereocenters. The number of ether oxygens (including phenoxy) is 1. The van der Waals surface area contributed by atoms with Crippen LogP contribution in [0.3, 0.4) is 0 Å². The molecule has 0 aliphatic carbocycles. The predicted molar refractivity (Wildman–Crippen MR) is 43.1 cm³/mol. The maximum atomic E-state index is 8.87. The minimum Gasteiger partial charge on any atom is -0.509 e. The first kappa shape index (κ1) is 9.88. The lowest BCUT2D eigenvalue weighted by Crippen LogP contribution is -1.81. The second kappa shape index (κ2) is 5.65. The fourth-order valence-electron chi connectivity index (χ4n) is 0.358. The van der Waals surface area contributed by atoms with E-state index in [0.717, 1.165) is 0 Å². The van der Waals surface area contributed by atoms with Crippen LogP contribution in [-0.4, -0.2) is 10.2 Å². The van der Waals surface area contributed by atoms with Gasteiger partial charge in [0.1, 0.15) is 24.0 Å². The minimum absolute atomic E-state index is 0.158. The molecule has 0 fully saturated rings. The fourth-order valence-corrected chi connectivity index (χ4v) is 0.358. The number of aliphatic hydroxyl groups excluding tert-OH is 2. The molecule has 64 valence electrons. The van der Waals surface area contributed by atoms with Gasteiger partial charge >= 0.3 is 0 Å². The normalized spacial score (nSPS) is 13.3. The van der Waals surface area contributed by atoms with Gasteiger partial charge in [0.15, 0.2) is 0 Å². The van der Waals surface area contributed by atoms with Gasteiger partial charge in [-0.15, -0.1) is 0 Å². The molecule has 0 spiro atoms. The molecule has 0 aliphatic heterocycles. The van der Waals surface area contributed by atoms with Crippen LogP contribution < -0.4 is 0 Å². The Balaban J connectivity index is 3.71. The fraction of sp³-hybridized carbons (Fsp3) is 0.500. The van der Waals surface area contributed by atoms with Crippen molar-refractivity contribution in [2.45, 2.75) is 26.7 Å². The summed E-state index contributed by atoms with van der Waals surface area (Å²) >= 11 is 0. The highest BCUT2D eigenvalue weighted by atomic mass is 16.5. The molecule has 0 rings (SSSR count). The molecule has 0 aromatic carbocycles. The van der Waals surface area contributed by atoms with Crippen molar-refractivity contribution < 1.29 is 14.9 Å². The lowest BCUT2D eigenvalue weighted by atomic mass is 10.4. The topological polar surface area (TPSA) is 49.7 Å². The van der Waals surface area contributed by atoms with Crippen LogP contribution in [-0.2, 0) is 4.74 Å². The molecule has 0 bridgehead atoms. The number of allylic oxidation sites excluding steroid dienone is 2. The Morgan fingerprint density at radius 3 is 1.73 bits per heavy atom. The molecule has 0 saturated heterocycles. The number of rotatable bonds is 4. The summed E-state index contributed by atoms with van der Waals surface area (Å²) in [7, 11) is 0. The summed E-state index contributed by atoms with van der Waals surface area (Å²) in [6.07, 6.45) is 3.46. The molecule has 2 N–H and O–H groups in total. The Labute approximate surface area is 66.6 Å². The summed E-state index contributed by atoms with van der Waals surface area (Å²) in [5.41, 5.74) is 0. The summed E-state index contributed by atoms with van der Waals surface area (Å²) in [5.74, 6) is 0.315. The zero-order valence-corrected chi connectivity index (χ0v) is 6.87. The average molecular weight is 158 g/mol. The Morgan fingerprint density at radius 2 is 1.45 bits per heavy atom. The molecule has 0 atom stereocenters. The molecule has 0 aromatic rings. The van der Waals surface area contributed by atoms with Crippen LogP contribution >= 0.6 is 0 Å². The third-order valence-corrected chi connectivity index (χ3v) is 1.13. The van der Waals surface area contributed by atoms with Crippen LogP contribution in [0.1, 0.15) is 26.7 Å². The Kier molecular flexibility index (Phi) is 5.07. The van der Waals surface area contributed by atoms with Gasteiger partial charge in [0.2, 0.25) is 0 Å². The molecule has 0 amide bonds. The van der Waals surface area contributed by atoms with Gasteiger partial charge in [-0.2, -0.15) is 0 Å². The van der Waals surface area contributed by atoms with Gasteiger partial charge in [-0.25, -0.2) is 0 Å². The van der Waals surface area contributed by atoms with Crippen molar-refractivity contribution in [2.24, 2.45) is 0 Å². The second-order valence-corrected chi connectivity index (χ2v) is 2.06. The van der Waals surface area contributed by atoms with Crippen molar-refractivity contribution in [1.82, 2.24) is 0 Å². The molecule has 3 heteroatoms. The number of aliphatic hydroxyl groups is 2. The van der Waals surface area contributed by atoms with Crippen molar-refractivity contribution in [1.29, 1.82) is 0 Å². The van der Waals surface area contributed by atoms with Crippen LogP contribution in [0.25, 0.3) is 0 Å². The van der Waals surface area contributed by atoms with Gasteiger partial charge in [-0.05, 0) is 0 Å². The summed E-state index contributed by atoms with van der Waals surface area (Å²) in [4.78, 5) is 0. The van der Waals surface area contributed by atoms with Gasteiger partial charge in [-0.1, -0.05) is 13.8 Å². The highest BCUT2D eigenvalue weighted by molar-refractivity contribution is 4.88. The quantitative estimate of drug-likeness (QED) is 0.618. The van der Waals surface area contributed by atoms with E-state index in [4.69, 9.17) is 14.9 Å². The Hall–Kier alpha value is -1.12. The van der Waals surface area contributed by atoms with Crippen LogP contribution in [0.2, 0.25) is 0 Å². The van der Waals surface area contributed by atoms with Crippen molar-refractivity contribution in [3.63, 3.8) is 0 Å². The summed E-state index contributed by atoms with van der Waals surface area (Å²) in [6, 6.07) is 0. The first-order valence-corrected chi connectivity index (χ1v) is 3.62. The molecule has 3 nitrogen and oxygen atoms in total. The van der Waals surface area contributed by atoms with Gasteiger partial charge in [0.25, 0.3) is 0 Å². The van der Waals surface area contributed by atoms with E-state index in [9.17, 15) is 0 Å². The number of hydrogen-bond donors (Lipinski definition) is 2. The van der Waals surface area contributed by atoms with Crippen molar-refractivity contribution in [3.8, 4) is 0 Å². The number of hydrogen-bond acceptors (Lipinski definition) is 3. The largest absolute Gasteiger partial charge is 0.509 e. The first-order chi connectivity index (χ1) is 5.20. The van der Waals surface area contributed by atoms with Gasteiger partial charge in [0, 0.05) is 12.8 Å². The van der Waals surface area contributed by atoms with Crippen LogP contribution in [0, 0.1) is 0 Å². The van der Waals surface area contributed by atoms with E-state index >= 15 is 0 Å². The Morgan fingerprint density at radius 1 is 1.09 bits per heavy atom. The molecular weight excluding hydrogens is 144 g/mol. The SMILES string of the molecule is CCC(O)=COC=C(O)CC. The maximum Gasteiger partial charge on any atom is 0.128 e. The standard InChI is InChI=1S/C8H14O3/c1-3-7(9)5-11-6-8(10)4-2/h5-6,9-10H,3-4H2,1-2H3. The maximum absolute atomic E-state index is 8.87. The highest BCUT2D eigenvalue weighted by Gasteiger charge is 1.87. The van der Waals surface area contributed by atoms with E-state index in [1.54, 1.807) is 13.8 Å².